The molecule has 0 aliphatic carbocycles. The normalized spacial score (nSPS) is 13.4. The number of rotatable bonds is 63. The summed E-state index contributed by atoms with van der Waals surface area (Å²) in [5.41, 5.74) is 0. The summed E-state index contributed by atoms with van der Waals surface area (Å²) in [4.78, 5) is 35.8. The third kappa shape index (κ3) is 63.4. The van der Waals surface area contributed by atoms with Gasteiger partial charge in [-0.25, -0.2) is 4.57 Å². The van der Waals surface area contributed by atoms with Crippen LogP contribution in [-0.2, 0) is 32.7 Å². The molecule has 0 rings (SSSR count). The predicted octanol–water partition coefficient (Wildman–Crippen LogP) is 21.5. The number of quaternary nitrogens is 1. The monoisotopic (exact) mass is 1120 g/mol. The van der Waals surface area contributed by atoms with E-state index < -0.39 is 26.5 Å². The van der Waals surface area contributed by atoms with Gasteiger partial charge in [0.15, 0.2) is 6.10 Å². The molecular formula is C68H131NO8P+. The van der Waals surface area contributed by atoms with E-state index in [1.807, 2.05) is 21.1 Å². The molecule has 1 N–H and O–H groups in total. The van der Waals surface area contributed by atoms with Crippen molar-refractivity contribution in [2.24, 2.45) is 0 Å². The molecule has 0 amide bonds. The first-order valence-corrected chi connectivity index (χ1v) is 35.2. The zero-order chi connectivity index (χ0) is 57.0. The molecule has 460 valence electrons. The maximum absolute atomic E-state index is 12.9. The maximum Gasteiger partial charge on any atom is 0.472 e. The topological polar surface area (TPSA) is 108 Å². The van der Waals surface area contributed by atoms with E-state index in [-0.39, 0.29) is 25.6 Å². The number of carbonyl (C=O) groups is 2. The minimum atomic E-state index is -4.39. The first kappa shape index (κ1) is 76.2. The van der Waals surface area contributed by atoms with Gasteiger partial charge in [0, 0.05) is 12.8 Å². The van der Waals surface area contributed by atoms with Crippen LogP contribution in [0.15, 0.2) is 36.5 Å². The zero-order valence-electron chi connectivity index (χ0n) is 52.4. The molecule has 0 heterocycles. The van der Waals surface area contributed by atoms with Gasteiger partial charge in [0.2, 0.25) is 0 Å². The summed E-state index contributed by atoms with van der Waals surface area (Å²) in [7, 11) is 1.50. The molecule has 0 saturated heterocycles. The summed E-state index contributed by atoms with van der Waals surface area (Å²) < 4.78 is 34.7. The van der Waals surface area contributed by atoms with E-state index in [4.69, 9.17) is 18.5 Å². The molecule has 0 fully saturated rings. The van der Waals surface area contributed by atoms with Crippen molar-refractivity contribution in [3.8, 4) is 0 Å². The van der Waals surface area contributed by atoms with Crippen molar-refractivity contribution in [1.29, 1.82) is 0 Å². The largest absolute Gasteiger partial charge is 0.472 e. The van der Waals surface area contributed by atoms with E-state index in [0.29, 0.717) is 23.9 Å². The van der Waals surface area contributed by atoms with Crippen molar-refractivity contribution >= 4 is 19.8 Å². The van der Waals surface area contributed by atoms with Gasteiger partial charge in [0.05, 0.1) is 27.7 Å². The van der Waals surface area contributed by atoms with E-state index in [2.05, 4.69) is 50.3 Å². The number of carbonyl (C=O) groups excluding carboxylic acids is 2. The van der Waals surface area contributed by atoms with Crippen LogP contribution in [0.2, 0.25) is 0 Å². The van der Waals surface area contributed by atoms with E-state index in [0.717, 1.165) is 44.9 Å². The minimum Gasteiger partial charge on any atom is -0.462 e. The van der Waals surface area contributed by atoms with E-state index >= 15 is 0 Å². The summed E-state index contributed by atoms with van der Waals surface area (Å²) in [5, 5.41) is 0. The fraction of sp³-hybridized carbons (Fsp3) is 0.882. The summed E-state index contributed by atoms with van der Waals surface area (Å²) in [6.45, 7) is 4.49. The minimum absolute atomic E-state index is 0.0344. The number of likely N-dealkylation sites (N-methyl/N-ethyl adjacent to an activating group) is 1. The molecule has 0 aromatic heterocycles. The van der Waals surface area contributed by atoms with Crippen LogP contribution < -0.4 is 0 Å². The summed E-state index contributed by atoms with van der Waals surface area (Å²) in [6.07, 6.45) is 75.2. The second-order valence-electron chi connectivity index (χ2n) is 24.2. The molecule has 0 aromatic carbocycles. The van der Waals surface area contributed by atoms with Gasteiger partial charge < -0.3 is 18.9 Å². The van der Waals surface area contributed by atoms with Crippen LogP contribution in [0.5, 0.6) is 0 Å². The van der Waals surface area contributed by atoms with Crippen molar-refractivity contribution in [2.75, 3.05) is 47.5 Å². The van der Waals surface area contributed by atoms with Crippen molar-refractivity contribution in [3.05, 3.63) is 36.5 Å². The molecule has 2 atom stereocenters. The van der Waals surface area contributed by atoms with Crippen molar-refractivity contribution < 1.29 is 42.1 Å². The van der Waals surface area contributed by atoms with Crippen LogP contribution in [0.25, 0.3) is 0 Å². The van der Waals surface area contributed by atoms with Gasteiger partial charge in [0.25, 0.3) is 0 Å². The number of unbranched alkanes of at least 4 members (excludes halogenated alkanes) is 43. The lowest BCUT2D eigenvalue weighted by Crippen LogP contribution is -2.37. The molecular weight excluding hydrogens is 990 g/mol. The molecule has 2 unspecified atom stereocenters. The van der Waals surface area contributed by atoms with Gasteiger partial charge in [-0.1, -0.05) is 307 Å². The van der Waals surface area contributed by atoms with E-state index in [9.17, 15) is 19.0 Å². The first-order valence-electron chi connectivity index (χ1n) is 33.7. The number of nitrogens with zero attached hydrogens (tertiary/aromatic N) is 1. The van der Waals surface area contributed by atoms with Crippen LogP contribution in [0.1, 0.15) is 335 Å². The number of phosphoric ester groups is 1. The van der Waals surface area contributed by atoms with Gasteiger partial charge in [-0.15, -0.1) is 0 Å². The van der Waals surface area contributed by atoms with Crippen LogP contribution in [0, 0.1) is 0 Å². The Kier molecular flexibility index (Phi) is 58.5. The highest BCUT2D eigenvalue weighted by molar-refractivity contribution is 7.47. The molecule has 0 spiro atoms. The second-order valence-corrected chi connectivity index (χ2v) is 25.7. The van der Waals surface area contributed by atoms with Gasteiger partial charge in [0.1, 0.15) is 19.8 Å². The lowest BCUT2D eigenvalue weighted by molar-refractivity contribution is -0.870. The fourth-order valence-corrected chi connectivity index (χ4v) is 10.7. The maximum atomic E-state index is 12.9. The number of hydrogen-bond donors (Lipinski definition) is 1. The highest BCUT2D eigenvalue weighted by atomic mass is 31.2. The summed E-state index contributed by atoms with van der Waals surface area (Å²) in [5.74, 6) is -0.777. The molecule has 0 radical (unpaired) electrons. The molecule has 78 heavy (non-hydrogen) atoms. The van der Waals surface area contributed by atoms with Crippen LogP contribution >= 0.6 is 7.82 Å². The molecule has 10 heteroatoms. The number of phosphoric acid groups is 1. The Balaban J connectivity index is 4.03. The van der Waals surface area contributed by atoms with Gasteiger partial charge in [-0.05, 0) is 51.4 Å². The van der Waals surface area contributed by atoms with Gasteiger partial charge >= 0.3 is 19.8 Å². The zero-order valence-corrected chi connectivity index (χ0v) is 53.3. The third-order valence-electron chi connectivity index (χ3n) is 15.2. The lowest BCUT2D eigenvalue weighted by atomic mass is 10.0. The molecule has 0 aliphatic heterocycles. The van der Waals surface area contributed by atoms with E-state index in [1.165, 1.54) is 257 Å². The highest BCUT2D eigenvalue weighted by Crippen LogP contribution is 2.43. The van der Waals surface area contributed by atoms with Gasteiger partial charge in [-0.2, -0.15) is 0 Å². The van der Waals surface area contributed by atoms with Crippen molar-refractivity contribution in [1.82, 2.24) is 0 Å². The molecule has 0 bridgehead atoms. The second kappa shape index (κ2) is 59.8. The lowest BCUT2D eigenvalue weighted by Gasteiger charge is -2.24. The summed E-state index contributed by atoms with van der Waals surface area (Å²) in [6, 6.07) is 0. The molecule has 0 saturated carbocycles. The van der Waals surface area contributed by atoms with Crippen LogP contribution in [0.3, 0.4) is 0 Å². The van der Waals surface area contributed by atoms with E-state index in [1.54, 1.807) is 0 Å². The van der Waals surface area contributed by atoms with Crippen molar-refractivity contribution in [3.63, 3.8) is 0 Å². The fourth-order valence-electron chi connectivity index (χ4n) is 9.97. The summed E-state index contributed by atoms with van der Waals surface area (Å²) >= 11 is 0. The number of allylic oxidation sites excluding steroid dienone is 6. The number of esters is 2. The average Bonchev–Trinajstić information content (AvgIpc) is 3.40. The third-order valence-corrected chi connectivity index (χ3v) is 16.2. The molecule has 0 aliphatic rings. The predicted molar refractivity (Wildman–Crippen MR) is 335 cm³/mol. The van der Waals surface area contributed by atoms with Crippen molar-refractivity contribution in [2.45, 2.75) is 341 Å². The Bertz CT molecular complexity index is 1410. The molecule has 0 aromatic rings. The van der Waals surface area contributed by atoms with Crippen LogP contribution in [-0.4, -0.2) is 74.9 Å². The Morgan fingerprint density at radius 2 is 0.692 bits per heavy atom. The quantitative estimate of drug-likeness (QED) is 0.0211. The number of ether oxygens (including phenoxy) is 2. The smallest absolute Gasteiger partial charge is 0.462 e. The highest BCUT2D eigenvalue weighted by Gasteiger charge is 2.27. The molecule has 9 nitrogen and oxygen atoms in total. The Morgan fingerprint density at radius 3 is 1.03 bits per heavy atom. The Morgan fingerprint density at radius 1 is 0.397 bits per heavy atom. The average molecular weight is 1120 g/mol. The SMILES string of the molecule is CCCCCCC/C=C\C/C=C\C/C=C\CCCCCCCCCCCCCCCCCCC(=O)OC(COC(=O)CCCCCCCCCCCCCCCCCCCCCCCCC)COP(=O)(O)OCC[N+](C)(C)C. The first-order chi connectivity index (χ1) is 38.0. The van der Waals surface area contributed by atoms with Crippen LogP contribution in [0.4, 0.5) is 0 Å². The Labute approximate surface area is 484 Å². The standard InChI is InChI=1S/C68H130NO8P/c1-6-8-10-12-14-16-18-20-22-24-26-28-30-31-32-33-34-35-36-37-39-41-43-45-47-49-51-53-55-57-59-61-68(71)77-66(65-76-78(72,73)75-63-62-69(3,4)5)64-74-67(70)60-58-56-54-52-50-48-46-44-42-40-38-29-27-25-23-21-19-17-15-13-11-9-7-2/h18,20,24,26,30-31,66H,6-17,19,21-23,25,27-29,32-65H2,1-5H3/p+1/b20-18-,26-24-,31-30-. The Hall–Kier alpha value is -1.77. The van der Waals surface area contributed by atoms with Gasteiger partial charge in [-0.3, -0.25) is 18.6 Å². The number of hydrogen-bond acceptors (Lipinski definition) is 7.